The van der Waals surface area contributed by atoms with E-state index in [2.05, 4.69) is 18.3 Å². The fourth-order valence-electron chi connectivity index (χ4n) is 2.69. The van der Waals surface area contributed by atoms with E-state index in [0.29, 0.717) is 17.4 Å². The summed E-state index contributed by atoms with van der Waals surface area (Å²) in [6.07, 6.45) is 0.850. The van der Waals surface area contributed by atoms with Crippen molar-refractivity contribution in [1.29, 1.82) is 0 Å². The van der Waals surface area contributed by atoms with Crippen molar-refractivity contribution in [3.8, 4) is 5.75 Å². The number of aryl methyl sites for hydroxylation is 1. The summed E-state index contributed by atoms with van der Waals surface area (Å²) < 4.78 is 5.18. The van der Waals surface area contributed by atoms with Crippen LogP contribution in [0.15, 0.2) is 29.6 Å². The number of amides is 1. The number of carbonyl (C=O) groups is 2. The number of benzene rings is 1. The van der Waals surface area contributed by atoms with Crippen molar-refractivity contribution in [1.82, 2.24) is 0 Å². The lowest BCUT2D eigenvalue weighted by Gasteiger charge is -2.11. The third-order valence-corrected chi connectivity index (χ3v) is 5.22. The normalized spacial score (nSPS) is 19.2. The number of anilines is 1. The Morgan fingerprint density at radius 2 is 2.13 bits per heavy atom. The summed E-state index contributed by atoms with van der Waals surface area (Å²) in [6.45, 7) is 2.06. The van der Waals surface area contributed by atoms with Crippen molar-refractivity contribution in [2.75, 3.05) is 12.4 Å². The quantitative estimate of drug-likeness (QED) is 0.879. The highest BCUT2D eigenvalue weighted by molar-refractivity contribution is 7.10. The van der Waals surface area contributed by atoms with Gasteiger partial charge in [0.2, 0.25) is 5.91 Å². The van der Waals surface area contributed by atoms with E-state index in [1.165, 1.54) is 29.7 Å². The topological polar surface area (TPSA) is 75.6 Å². The number of carboxylic acids is 1. The maximum atomic E-state index is 12.4. The lowest BCUT2D eigenvalue weighted by molar-refractivity contribution is -0.117. The van der Waals surface area contributed by atoms with Crippen LogP contribution in [0.1, 0.15) is 33.1 Å². The van der Waals surface area contributed by atoms with E-state index >= 15 is 0 Å². The van der Waals surface area contributed by atoms with Gasteiger partial charge in [0.05, 0.1) is 18.4 Å². The highest BCUT2D eigenvalue weighted by Crippen LogP contribution is 2.51. The van der Waals surface area contributed by atoms with E-state index in [1.807, 2.05) is 5.38 Å². The molecule has 2 atom stereocenters. The first-order valence-electron chi connectivity index (χ1n) is 7.27. The fourth-order valence-corrected chi connectivity index (χ4v) is 3.80. The predicted molar refractivity (Wildman–Crippen MR) is 88.5 cm³/mol. The zero-order valence-electron chi connectivity index (χ0n) is 12.8. The van der Waals surface area contributed by atoms with E-state index in [0.717, 1.165) is 6.42 Å². The highest BCUT2D eigenvalue weighted by atomic mass is 32.1. The van der Waals surface area contributed by atoms with Crippen molar-refractivity contribution in [3.05, 3.63) is 45.6 Å². The Labute approximate surface area is 137 Å². The molecule has 0 radical (unpaired) electrons. The summed E-state index contributed by atoms with van der Waals surface area (Å²) in [6, 6.07) is 6.49. The van der Waals surface area contributed by atoms with Crippen LogP contribution in [0.4, 0.5) is 5.69 Å². The van der Waals surface area contributed by atoms with Gasteiger partial charge in [0.1, 0.15) is 5.75 Å². The molecule has 2 aromatic rings. The number of methoxy groups -OCH3 is 1. The Bertz CT molecular complexity index is 768. The van der Waals surface area contributed by atoms with Gasteiger partial charge in [0, 0.05) is 16.7 Å². The number of ether oxygens (including phenoxy) is 1. The lowest BCUT2D eigenvalue weighted by atomic mass is 10.1. The van der Waals surface area contributed by atoms with Gasteiger partial charge in [-0.15, -0.1) is 11.3 Å². The number of thiophene rings is 1. The molecule has 6 heteroatoms. The Morgan fingerprint density at radius 3 is 2.74 bits per heavy atom. The standard InChI is InChI=1S/C17H17NO4S/c1-9-5-6-23-15(9)11-8-12(11)16(19)18-13-4-3-10(17(20)21)7-14(13)22-2/h3-7,11-12H,8H2,1-2H3,(H,18,19)(H,20,21). The molecule has 23 heavy (non-hydrogen) atoms. The molecule has 1 aliphatic rings. The number of carbonyl (C=O) groups excluding carboxylic acids is 1. The minimum atomic E-state index is -1.03. The van der Waals surface area contributed by atoms with Gasteiger partial charge >= 0.3 is 5.97 Å². The average molecular weight is 331 g/mol. The van der Waals surface area contributed by atoms with E-state index in [9.17, 15) is 9.59 Å². The van der Waals surface area contributed by atoms with Crippen molar-refractivity contribution in [2.45, 2.75) is 19.3 Å². The SMILES string of the molecule is COc1cc(C(=O)O)ccc1NC(=O)C1CC1c1sccc1C. The molecule has 1 amide bonds. The van der Waals surface area contributed by atoms with Gasteiger partial charge in [-0.1, -0.05) is 0 Å². The molecule has 0 aliphatic heterocycles. The number of rotatable bonds is 5. The molecule has 1 aromatic carbocycles. The van der Waals surface area contributed by atoms with Crippen LogP contribution in [0.3, 0.4) is 0 Å². The Hall–Kier alpha value is -2.34. The minimum Gasteiger partial charge on any atom is -0.495 e. The molecule has 1 aromatic heterocycles. The van der Waals surface area contributed by atoms with Gasteiger partial charge in [0.25, 0.3) is 0 Å². The van der Waals surface area contributed by atoms with E-state index < -0.39 is 5.97 Å². The first-order valence-corrected chi connectivity index (χ1v) is 8.15. The van der Waals surface area contributed by atoms with Gasteiger partial charge in [-0.25, -0.2) is 4.79 Å². The molecule has 0 bridgehead atoms. The monoisotopic (exact) mass is 331 g/mol. The van der Waals surface area contributed by atoms with Crippen LogP contribution in [0.25, 0.3) is 0 Å². The van der Waals surface area contributed by atoms with Crippen molar-refractivity contribution < 1.29 is 19.4 Å². The second-order valence-corrected chi connectivity index (χ2v) is 6.57. The second-order valence-electron chi connectivity index (χ2n) is 5.63. The molecule has 0 spiro atoms. The summed E-state index contributed by atoms with van der Waals surface area (Å²) in [5.74, 6) is -0.473. The molecule has 1 heterocycles. The number of hydrogen-bond donors (Lipinski definition) is 2. The largest absolute Gasteiger partial charge is 0.495 e. The Morgan fingerprint density at radius 1 is 1.35 bits per heavy atom. The molecule has 2 N–H and O–H groups in total. The molecule has 1 aliphatic carbocycles. The molecule has 3 rings (SSSR count). The number of carboxylic acid groups (broad SMARTS) is 1. The molecular formula is C17H17NO4S. The van der Waals surface area contributed by atoms with Crippen LogP contribution in [0, 0.1) is 12.8 Å². The van der Waals surface area contributed by atoms with Crippen LogP contribution >= 0.6 is 11.3 Å². The molecule has 0 saturated heterocycles. The van der Waals surface area contributed by atoms with Crippen LogP contribution in [-0.4, -0.2) is 24.1 Å². The summed E-state index contributed by atoms with van der Waals surface area (Å²) in [5.41, 5.74) is 1.85. The van der Waals surface area contributed by atoms with Crippen molar-refractivity contribution in [2.24, 2.45) is 5.92 Å². The maximum Gasteiger partial charge on any atom is 0.335 e. The van der Waals surface area contributed by atoms with Gasteiger partial charge < -0.3 is 15.2 Å². The summed E-state index contributed by atoms with van der Waals surface area (Å²) in [7, 11) is 1.45. The van der Waals surface area contributed by atoms with Gasteiger partial charge in [-0.3, -0.25) is 4.79 Å². The predicted octanol–water partition coefficient (Wildman–Crippen LogP) is 3.51. The van der Waals surface area contributed by atoms with Crippen LogP contribution in [-0.2, 0) is 4.79 Å². The first kappa shape index (κ1) is 15.6. The Balaban J connectivity index is 1.72. The highest BCUT2D eigenvalue weighted by Gasteiger charge is 2.45. The molecule has 2 unspecified atom stereocenters. The second kappa shape index (κ2) is 6.04. The van der Waals surface area contributed by atoms with Crippen molar-refractivity contribution in [3.63, 3.8) is 0 Å². The number of aromatic carboxylic acids is 1. The molecule has 1 fully saturated rings. The maximum absolute atomic E-state index is 12.4. The van der Waals surface area contributed by atoms with Crippen LogP contribution in [0.2, 0.25) is 0 Å². The van der Waals surface area contributed by atoms with Crippen LogP contribution in [0.5, 0.6) is 5.75 Å². The lowest BCUT2D eigenvalue weighted by Crippen LogP contribution is -2.15. The molecular weight excluding hydrogens is 314 g/mol. The minimum absolute atomic E-state index is 0.0313. The third-order valence-electron chi connectivity index (χ3n) is 4.07. The number of nitrogens with one attached hydrogen (secondary N) is 1. The summed E-state index contributed by atoms with van der Waals surface area (Å²) in [5, 5.41) is 13.9. The summed E-state index contributed by atoms with van der Waals surface area (Å²) in [4.78, 5) is 24.7. The smallest absolute Gasteiger partial charge is 0.335 e. The fraction of sp³-hybridized carbons (Fsp3) is 0.294. The molecule has 5 nitrogen and oxygen atoms in total. The van der Waals surface area contributed by atoms with Gasteiger partial charge in [-0.05, 0) is 48.6 Å². The molecule has 120 valence electrons. The van der Waals surface area contributed by atoms with Gasteiger partial charge in [-0.2, -0.15) is 0 Å². The Kier molecular flexibility index (Phi) is 4.09. The van der Waals surface area contributed by atoms with Crippen LogP contribution < -0.4 is 10.1 Å². The molecule has 1 saturated carbocycles. The zero-order chi connectivity index (χ0) is 16.6. The van der Waals surface area contributed by atoms with E-state index in [1.54, 1.807) is 17.4 Å². The van der Waals surface area contributed by atoms with Crippen molar-refractivity contribution >= 4 is 28.9 Å². The van der Waals surface area contributed by atoms with E-state index in [-0.39, 0.29) is 17.4 Å². The third kappa shape index (κ3) is 3.07. The zero-order valence-corrected chi connectivity index (χ0v) is 13.6. The number of hydrogen-bond acceptors (Lipinski definition) is 4. The first-order chi connectivity index (χ1) is 11.0. The van der Waals surface area contributed by atoms with E-state index in [4.69, 9.17) is 9.84 Å². The average Bonchev–Trinajstić information content (AvgIpc) is 3.22. The van der Waals surface area contributed by atoms with Gasteiger partial charge in [0.15, 0.2) is 0 Å². The summed E-state index contributed by atoms with van der Waals surface area (Å²) >= 11 is 1.69.